The Bertz CT molecular complexity index is 227. The van der Waals surface area contributed by atoms with Gasteiger partial charge in [-0.25, -0.2) is 4.39 Å². The molecule has 0 aliphatic rings. The zero-order chi connectivity index (χ0) is 8.27. The number of halogens is 1. The Morgan fingerprint density at radius 3 is 2.64 bits per heavy atom. The Kier molecular flexibility index (Phi) is 3.06. The summed E-state index contributed by atoms with van der Waals surface area (Å²) in [4.78, 5) is 2.08. The van der Waals surface area contributed by atoms with Crippen LogP contribution in [0.1, 0.15) is 30.0 Å². The van der Waals surface area contributed by atoms with Crippen LogP contribution in [-0.4, -0.2) is 0 Å². The molecule has 0 aliphatic heterocycles. The fourth-order valence-electron chi connectivity index (χ4n) is 1.07. The van der Waals surface area contributed by atoms with Gasteiger partial charge < -0.3 is 0 Å². The molecular weight excluding hydrogens is 159 g/mol. The fourth-order valence-corrected chi connectivity index (χ4v) is 2.15. The lowest BCUT2D eigenvalue weighted by Crippen LogP contribution is -1.74. The van der Waals surface area contributed by atoms with Gasteiger partial charge in [-0.1, -0.05) is 20.3 Å². The molecule has 0 unspecified atom stereocenters. The van der Waals surface area contributed by atoms with Gasteiger partial charge in [0.1, 0.15) is 5.82 Å². The highest BCUT2D eigenvalue weighted by Gasteiger charge is 2.05. The van der Waals surface area contributed by atoms with E-state index in [4.69, 9.17) is 0 Å². The molecule has 0 aromatic carbocycles. The Labute approximate surface area is 71.1 Å². The second-order valence-electron chi connectivity index (χ2n) is 2.59. The summed E-state index contributed by atoms with van der Waals surface area (Å²) in [6.07, 6.45) is 2.94. The molecule has 0 spiro atoms. The van der Waals surface area contributed by atoms with Crippen molar-refractivity contribution in [3.8, 4) is 0 Å². The number of hydrogen-bond acceptors (Lipinski definition) is 1. The van der Waals surface area contributed by atoms with Crippen molar-refractivity contribution in [2.75, 3.05) is 0 Å². The average molecular weight is 172 g/mol. The van der Waals surface area contributed by atoms with Crippen molar-refractivity contribution >= 4 is 11.3 Å². The minimum absolute atomic E-state index is 0.0130. The number of aryl methyl sites for hydroxylation is 2. The maximum atomic E-state index is 12.9. The van der Waals surface area contributed by atoms with Crippen molar-refractivity contribution in [2.24, 2.45) is 0 Å². The standard InChI is InChI=1S/C9H13FS/c1-3-5-7-6-8(10)9(4-2)11-7/h6H,3-5H2,1-2H3. The number of rotatable bonds is 3. The van der Waals surface area contributed by atoms with Crippen molar-refractivity contribution < 1.29 is 4.39 Å². The van der Waals surface area contributed by atoms with Gasteiger partial charge in [-0.3, -0.25) is 0 Å². The first-order valence-corrected chi connectivity index (χ1v) is 4.86. The summed E-state index contributed by atoms with van der Waals surface area (Å²) in [6.45, 7) is 4.11. The molecule has 1 aromatic heterocycles. The van der Waals surface area contributed by atoms with Crippen LogP contribution in [0.5, 0.6) is 0 Å². The third-order valence-electron chi connectivity index (χ3n) is 1.63. The molecule has 0 saturated heterocycles. The molecule has 62 valence electrons. The zero-order valence-electron chi connectivity index (χ0n) is 6.98. The first-order valence-electron chi connectivity index (χ1n) is 4.05. The molecule has 1 aromatic rings. The Morgan fingerprint density at radius 2 is 2.18 bits per heavy atom. The molecule has 0 atom stereocenters. The lowest BCUT2D eigenvalue weighted by molar-refractivity contribution is 0.619. The summed E-state index contributed by atoms with van der Waals surface area (Å²) in [5.74, 6) is -0.0130. The number of hydrogen-bond donors (Lipinski definition) is 0. The molecule has 0 saturated carbocycles. The van der Waals surface area contributed by atoms with E-state index in [1.807, 2.05) is 6.92 Å². The molecule has 0 N–H and O–H groups in total. The first-order chi connectivity index (χ1) is 5.27. The van der Waals surface area contributed by atoms with Crippen LogP contribution in [0.4, 0.5) is 4.39 Å². The van der Waals surface area contributed by atoms with Gasteiger partial charge in [-0.05, 0) is 18.9 Å². The van der Waals surface area contributed by atoms with E-state index in [-0.39, 0.29) is 5.82 Å². The van der Waals surface area contributed by atoms with Crippen molar-refractivity contribution in [1.29, 1.82) is 0 Å². The minimum Gasteiger partial charge on any atom is -0.206 e. The van der Waals surface area contributed by atoms with Crippen LogP contribution in [0.15, 0.2) is 6.07 Å². The van der Waals surface area contributed by atoms with E-state index in [1.54, 1.807) is 17.4 Å². The molecule has 0 nitrogen and oxygen atoms in total. The van der Waals surface area contributed by atoms with E-state index in [1.165, 1.54) is 4.88 Å². The van der Waals surface area contributed by atoms with Crippen molar-refractivity contribution in [2.45, 2.75) is 33.1 Å². The third-order valence-corrected chi connectivity index (χ3v) is 2.94. The van der Waals surface area contributed by atoms with Gasteiger partial charge in [-0.15, -0.1) is 11.3 Å². The van der Waals surface area contributed by atoms with Crippen LogP contribution < -0.4 is 0 Å². The predicted molar refractivity (Wildman–Crippen MR) is 47.7 cm³/mol. The Morgan fingerprint density at radius 1 is 1.45 bits per heavy atom. The summed E-state index contributed by atoms with van der Waals surface area (Å²) < 4.78 is 12.9. The van der Waals surface area contributed by atoms with Crippen molar-refractivity contribution in [3.05, 3.63) is 21.6 Å². The van der Waals surface area contributed by atoms with E-state index in [0.29, 0.717) is 0 Å². The molecule has 0 radical (unpaired) electrons. The topological polar surface area (TPSA) is 0 Å². The van der Waals surface area contributed by atoms with E-state index >= 15 is 0 Å². The summed E-state index contributed by atoms with van der Waals surface area (Å²) in [5.41, 5.74) is 0. The quantitative estimate of drug-likeness (QED) is 0.655. The number of thiophene rings is 1. The minimum atomic E-state index is -0.0130. The van der Waals surface area contributed by atoms with E-state index in [9.17, 15) is 4.39 Å². The molecule has 1 heterocycles. The molecule has 11 heavy (non-hydrogen) atoms. The van der Waals surface area contributed by atoms with E-state index in [0.717, 1.165) is 24.1 Å². The normalized spacial score (nSPS) is 10.5. The second-order valence-corrected chi connectivity index (χ2v) is 3.81. The van der Waals surface area contributed by atoms with Gasteiger partial charge in [0.25, 0.3) is 0 Å². The van der Waals surface area contributed by atoms with Crippen LogP contribution >= 0.6 is 11.3 Å². The molecule has 2 heteroatoms. The lowest BCUT2D eigenvalue weighted by Gasteiger charge is -1.87. The van der Waals surface area contributed by atoms with E-state index in [2.05, 4.69) is 6.92 Å². The third kappa shape index (κ3) is 2.03. The smallest absolute Gasteiger partial charge is 0.137 e. The van der Waals surface area contributed by atoms with Gasteiger partial charge in [-0.2, -0.15) is 0 Å². The van der Waals surface area contributed by atoms with Crippen LogP contribution in [0.25, 0.3) is 0 Å². The Hall–Kier alpha value is -0.370. The maximum absolute atomic E-state index is 12.9. The van der Waals surface area contributed by atoms with Crippen molar-refractivity contribution in [3.63, 3.8) is 0 Å². The van der Waals surface area contributed by atoms with Crippen LogP contribution in [-0.2, 0) is 12.8 Å². The molecule has 0 aliphatic carbocycles. The lowest BCUT2D eigenvalue weighted by atomic mass is 10.3. The second kappa shape index (κ2) is 3.86. The molecule has 0 fully saturated rings. The van der Waals surface area contributed by atoms with Crippen LogP contribution in [0, 0.1) is 5.82 Å². The first kappa shape index (κ1) is 8.72. The molecule has 0 bridgehead atoms. The molecular formula is C9H13FS. The monoisotopic (exact) mass is 172 g/mol. The van der Waals surface area contributed by atoms with Crippen molar-refractivity contribution in [1.82, 2.24) is 0 Å². The highest BCUT2D eigenvalue weighted by Crippen LogP contribution is 2.22. The summed E-state index contributed by atoms with van der Waals surface area (Å²) >= 11 is 1.61. The van der Waals surface area contributed by atoms with Crippen LogP contribution in [0.3, 0.4) is 0 Å². The zero-order valence-corrected chi connectivity index (χ0v) is 7.80. The summed E-state index contributed by atoms with van der Waals surface area (Å²) in [5, 5.41) is 0. The molecule has 0 amide bonds. The van der Waals surface area contributed by atoms with Gasteiger partial charge >= 0.3 is 0 Å². The predicted octanol–water partition coefficient (Wildman–Crippen LogP) is 3.40. The average Bonchev–Trinajstić information content (AvgIpc) is 2.32. The maximum Gasteiger partial charge on any atom is 0.137 e. The van der Waals surface area contributed by atoms with E-state index < -0.39 is 0 Å². The van der Waals surface area contributed by atoms with Gasteiger partial charge in [0.05, 0.1) is 0 Å². The highest BCUT2D eigenvalue weighted by molar-refractivity contribution is 7.12. The summed E-state index contributed by atoms with van der Waals surface area (Å²) in [6, 6.07) is 1.67. The van der Waals surface area contributed by atoms with Crippen LogP contribution in [0.2, 0.25) is 0 Å². The summed E-state index contributed by atoms with van der Waals surface area (Å²) in [7, 11) is 0. The fraction of sp³-hybridized carbons (Fsp3) is 0.556. The van der Waals surface area contributed by atoms with Gasteiger partial charge in [0.15, 0.2) is 0 Å². The highest BCUT2D eigenvalue weighted by atomic mass is 32.1. The van der Waals surface area contributed by atoms with Gasteiger partial charge in [0, 0.05) is 9.75 Å². The largest absolute Gasteiger partial charge is 0.206 e. The Balaban J connectivity index is 2.77. The van der Waals surface area contributed by atoms with Gasteiger partial charge in [0.2, 0.25) is 0 Å². The molecule has 1 rings (SSSR count). The SMILES string of the molecule is CCCc1cc(F)c(CC)s1.